The number of pyridine rings is 1. The number of rotatable bonds is 4. The Bertz CT molecular complexity index is 1360. The van der Waals surface area contributed by atoms with E-state index in [1.165, 1.54) is 55.0 Å². The molecule has 198 valence electrons. The maximum absolute atomic E-state index is 7.55. The van der Waals surface area contributed by atoms with Crippen LogP contribution in [0.25, 0.3) is 10.8 Å². The van der Waals surface area contributed by atoms with E-state index >= 15 is 0 Å². The van der Waals surface area contributed by atoms with Gasteiger partial charge in [-0.2, -0.15) is 0 Å². The first-order chi connectivity index (χ1) is 18.3. The van der Waals surface area contributed by atoms with Crippen molar-refractivity contribution in [3.05, 3.63) is 65.5 Å². The van der Waals surface area contributed by atoms with Crippen molar-refractivity contribution in [3.8, 4) is 0 Å². The maximum Gasteiger partial charge on any atom is 0.0974 e. The molecular formula is C34H40N2O2. The van der Waals surface area contributed by atoms with Crippen molar-refractivity contribution < 1.29 is 9.47 Å². The number of hydrogen-bond donors (Lipinski definition) is 0. The first-order valence-corrected chi connectivity index (χ1v) is 14.9. The molecule has 0 N–H and O–H groups in total. The van der Waals surface area contributed by atoms with E-state index in [0.717, 1.165) is 38.0 Å². The summed E-state index contributed by atoms with van der Waals surface area (Å²) in [4.78, 5) is 7.00. The van der Waals surface area contributed by atoms with Crippen molar-refractivity contribution in [1.29, 1.82) is 0 Å². The normalized spacial score (nSPS) is 40.5. The predicted octanol–water partition coefficient (Wildman–Crippen LogP) is 6.41. The minimum Gasteiger partial charge on any atom is -0.380 e. The van der Waals surface area contributed by atoms with Crippen molar-refractivity contribution in [2.75, 3.05) is 26.8 Å². The lowest BCUT2D eigenvalue weighted by Crippen LogP contribution is -2.56. The van der Waals surface area contributed by atoms with Crippen molar-refractivity contribution in [2.45, 2.75) is 88.4 Å². The lowest BCUT2D eigenvalue weighted by molar-refractivity contribution is -0.147. The molecule has 3 unspecified atom stereocenters. The summed E-state index contributed by atoms with van der Waals surface area (Å²) < 4.78 is 13.1. The summed E-state index contributed by atoms with van der Waals surface area (Å²) in [6.45, 7) is 7.85. The number of fused-ring (bicyclic) bond motifs is 2. The standard InChI is InChI=1S/C34H40N2O2/c1-31(21-37-22-31)20-36(3)28-7-6-26-17-27-10-12-32(2)29(24-5-4-23-11-15-35-19-25(23)16-24)8-9-30(32)34(27)14-13-33(26,18-28)38-34/h10-11,15-17,19,28-30H,6-9,12-14,18,20-22H2,1-3H3/t28?,29?,30-,32?,33-,34-/m1/s1. The quantitative estimate of drug-likeness (QED) is 0.478. The Kier molecular flexibility index (Phi) is 4.94. The van der Waals surface area contributed by atoms with Crippen LogP contribution in [0, 0.1) is 28.9 Å². The maximum atomic E-state index is 7.55. The molecule has 6 aliphatic rings. The second-order valence-electron chi connectivity index (χ2n) is 14.1. The monoisotopic (exact) mass is 508 g/mol. The average Bonchev–Trinajstić information content (AvgIpc) is 3.42. The van der Waals surface area contributed by atoms with Gasteiger partial charge in [-0.1, -0.05) is 38.1 Å². The number of aromatic nitrogens is 1. The Balaban J connectivity index is 1.10. The highest BCUT2D eigenvalue weighted by atomic mass is 16.5. The summed E-state index contributed by atoms with van der Waals surface area (Å²) in [7, 11) is 2.34. The molecule has 2 spiro atoms. The molecule has 4 heterocycles. The zero-order valence-corrected chi connectivity index (χ0v) is 23.2. The highest BCUT2D eigenvalue weighted by Gasteiger charge is 2.66. The van der Waals surface area contributed by atoms with Crippen LogP contribution in [-0.4, -0.2) is 53.9 Å². The molecule has 2 bridgehead atoms. The predicted molar refractivity (Wildman–Crippen MR) is 149 cm³/mol. The Labute approximate surface area is 227 Å². The van der Waals surface area contributed by atoms with Crippen molar-refractivity contribution >= 4 is 10.8 Å². The van der Waals surface area contributed by atoms with Crippen LogP contribution in [0.3, 0.4) is 0 Å². The molecule has 0 amide bonds. The third-order valence-corrected chi connectivity index (χ3v) is 11.7. The second kappa shape index (κ2) is 7.94. The van der Waals surface area contributed by atoms with Crippen molar-refractivity contribution in [2.24, 2.45) is 16.7 Å². The molecule has 4 fully saturated rings. The Hall–Kier alpha value is -2.19. The van der Waals surface area contributed by atoms with Gasteiger partial charge in [-0.05, 0) is 98.9 Å². The zero-order valence-electron chi connectivity index (χ0n) is 23.2. The molecule has 4 heteroatoms. The van der Waals surface area contributed by atoms with E-state index in [4.69, 9.17) is 9.47 Å². The van der Waals surface area contributed by atoms with Gasteiger partial charge < -0.3 is 14.4 Å². The first kappa shape index (κ1) is 23.7. The topological polar surface area (TPSA) is 34.6 Å². The number of hydrogen-bond acceptors (Lipinski definition) is 4. The number of nitrogens with zero attached hydrogens (tertiary/aromatic N) is 2. The molecule has 2 saturated heterocycles. The van der Waals surface area contributed by atoms with Crippen LogP contribution >= 0.6 is 0 Å². The summed E-state index contributed by atoms with van der Waals surface area (Å²) >= 11 is 0. The van der Waals surface area contributed by atoms with Gasteiger partial charge in [-0.25, -0.2) is 0 Å². The van der Waals surface area contributed by atoms with Gasteiger partial charge in [0.05, 0.1) is 24.4 Å². The number of allylic oxidation sites excluding steroid dienone is 1. The van der Waals surface area contributed by atoms with Gasteiger partial charge in [0.2, 0.25) is 0 Å². The van der Waals surface area contributed by atoms with Crippen LogP contribution in [0.2, 0.25) is 0 Å². The molecule has 2 aromatic rings. The highest BCUT2D eigenvalue weighted by molar-refractivity contribution is 5.80. The average molecular weight is 509 g/mol. The van der Waals surface area contributed by atoms with E-state index in [0.29, 0.717) is 23.3 Å². The first-order valence-electron chi connectivity index (χ1n) is 14.9. The molecule has 4 nitrogen and oxygen atoms in total. The third kappa shape index (κ3) is 3.19. The fraction of sp³-hybridized carbons (Fsp3) is 0.618. The van der Waals surface area contributed by atoms with Crippen LogP contribution in [0.1, 0.15) is 76.7 Å². The van der Waals surface area contributed by atoms with Crippen molar-refractivity contribution in [3.63, 3.8) is 0 Å². The highest BCUT2D eigenvalue weighted by Crippen LogP contribution is 2.69. The lowest BCUT2D eigenvalue weighted by Gasteiger charge is -2.55. The van der Waals surface area contributed by atoms with Gasteiger partial charge in [0.15, 0.2) is 0 Å². The van der Waals surface area contributed by atoms with E-state index in [9.17, 15) is 0 Å². The van der Waals surface area contributed by atoms with Gasteiger partial charge in [0.1, 0.15) is 0 Å². The minimum absolute atomic E-state index is 0.0591. The molecule has 1 aromatic carbocycles. The van der Waals surface area contributed by atoms with Crippen LogP contribution in [0.5, 0.6) is 0 Å². The fourth-order valence-corrected chi connectivity index (χ4v) is 9.71. The molecule has 6 atom stereocenters. The van der Waals surface area contributed by atoms with Crippen LogP contribution in [0.15, 0.2) is 47.8 Å². The van der Waals surface area contributed by atoms with E-state index in [1.54, 1.807) is 5.57 Å². The fourth-order valence-electron chi connectivity index (χ4n) is 9.71. The van der Waals surface area contributed by atoms with Crippen LogP contribution < -0.4 is 0 Å². The summed E-state index contributed by atoms with van der Waals surface area (Å²) in [5.74, 6) is 1.04. The van der Waals surface area contributed by atoms with Crippen molar-refractivity contribution in [1.82, 2.24) is 9.88 Å². The Morgan fingerprint density at radius 2 is 2.03 bits per heavy atom. The van der Waals surface area contributed by atoms with E-state index < -0.39 is 0 Å². The largest absolute Gasteiger partial charge is 0.380 e. The molecule has 2 saturated carbocycles. The SMILES string of the molecule is CN(CC1(C)COC1)C1CCC2=CC3=CCC4(C)C(c5c#cc6ccncc6c5)CC[C@H]4[C@@]34CC[C@]2(C1)O4. The van der Waals surface area contributed by atoms with E-state index in [-0.39, 0.29) is 16.6 Å². The Morgan fingerprint density at radius 1 is 1.13 bits per heavy atom. The van der Waals surface area contributed by atoms with Crippen LogP contribution in [-0.2, 0) is 9.47 Å². The van der Waals surface area contributed by atoms with E-state index in [2.05, 4.69) is 61.1 Å². The molecular weight excluding hydrogens is 468 g/mol. The zero-order chi connectivity index (χ0) is 25.8. The smallest absolute Gasteiger partial charge is 0.0974 e. The second-order valence-corrected chi connectivity index (χ2v) is 14.1. The van der Waals surface area contributed by atoms with Gasteiger partial charge in [-0.3, -0.25) is 4.98 Å². The van der Waals surface area contributed by atoms with E-state index in [1.807, 2.05) is 18.5 Å². The molecule has 3 aliphatic heterocycles. The molecule has 0 radical (unpaired) electrons. The van der Waals surface area contributed by atoms with Gasteiger partial charge in [-0.15, -0.1) is 0 Å². The minimum atomic E-state index is -0.110. The lowest BCUT2D eigenvalue weighted by atomic mass is 9.58. The molecule has 1 aromatic heterocycles. The summed E-state index contributed by atoms with van der Waals surface area (Å²) in [5.41, 5.74) is 4.75. The molecule has 38 heavy (non-hydrogen) atoms. The third-order valence-electron chi connectivity index (χ3n) is 11.7. The van der Waals surface area contributed by atoms with Gasteiger partial charge >= 0.3 is 0 Å². The molecule has 3 aliphatic carbocycles. The van der Waals surface area contributed by atoms with Crippen LogP contribution in [0.4, 0.5) is 0 Å². The van der Waals surface area contributed by atoms with Gasteiger partial charge in [0.25, 0.3) is 0 Å². The van der Waals surface area contributed by atoms with Gasteiger partial charge in [0, 0.05) is 46.7 Å². The summed E-state index contributed by atoms with van der Waals surface area (Å²) in [5, 5.41) is 2.29. The number of ether oxygens (including phenoxy) is 2. The summed E-state index contributed by atoms with van der Waals surface area (Å²) in [6, 6.07) is 12.0. The summed E-state index contributed by atoms with van der Waals surface area (Å²) in [6.07, 6.45) is 18.5. The molecule has 8 rings (SSSR count). The Morgan fingerprint density at radius 3 is 2.87 bits per heavy atom.